The van der Waals surface area contributed by atoms with Gasteiger partial charge in [0.15, 0.2) is 0 Å². The first-order chi connectivity index (χ1) is 15.3. The molecule has 0 saturated carbocycles. The predicted octanol–water partition coefficient (Wildman–Crippen LogP) is 4.67. The van der Waals surface area contributed by atoms with Crippen LogP contribution in [0.2, 0.25) is 0 Å². The maximum atomic E-state index is 13.6. The molecular weight excluding hydrogens is 398 g/mol. The number of anilines is 1. The van der Waals surface area contributed by atoms with Crippen LogP contribution in [0.15, 0.2) is 60.7 Å². The third-order valence-corrected chi connectivity index (χ3v) is 6.61. The Bertz CT molecular complexity index is 1410. The van der Waals surface area contributed by atoms with Gasteiger partial charge < -0.3 is 10.2 Å². The number of fused-ring (bicyclic) bond motifs is 2. The van der Waals surface area contributed by atoms with Gasteiger partial charge in [0.2, 0.25) is 5.91 Å². The number of aromatic nitrogens is 1. The van der Waals surface area contributed by atoms with E-state index in [1.54, 1.807) is 24.1 Å². The van der Waals surface area contributed by atoms with Gasteiger partial charge in [-0.2, -0.15) is 0 Å². The molecule has 5 rings (SSSR count). The fourth-order valence-corrected chi connectivity index (χ4v) is 4.75. The standard InChI is InChI=1S/C27H25N3O2/c1-16-11-13-18(14-12-16)25(31)28-15-27(3)24-23-19(8-6-10-21(23)30(4)26(27)32)22-17(2)7-5-9-20(22)29-24/h5-14H,15H2,1-4H3,(H,28,31). The highest BCUT2D eigenvalue weighted by Gasteiger charge is 2.45. The summed E-state index contributed by atoms with van der Waals surface area (Å²) in [7, 11) is 1.79. The van der Waals surface area contributed by atoms with Crippen LogP contribution in [0.4, 0.5) is 5.69 Å². The number of rotatable bonds is 3. The monoisotopic (exact) mass is 423 g/mol. The quantitative estimate of drug-likeness (QED) is 0.487. The van der Waals surface area contributed by atoms with Crippen molar-refractivity contribution in [3.63, 3.8) is 0 Å². The lowest BCUT2D eigenvalue weighted by Crippen LogP contribution is -2.53. The van der Waals surface area contributed by atoms with Gasteiger partial charge in [0.05, 0.1) is 16.9 Å². The van der Waals surface area contributed by atoms with Crippen LogP contribution in [-0.4, -0.2) is 30.4 Å². The molecule has 1 aliphatic heterocycles. The summed E-state index contributed by atoms with van der Waals surface area (Å²) in [5.74, 6) is -0.283. The molecule has 5 nitrogen and oxygen atoms in total. The summed E-state index contributed by atoms with van der Waals surface area (Å²) in [6, 6.07) is 19.5. The fraction of sp³-hybridized carbons (Fsp3) is 0.222. The van der Waals surface area contributed by atoms with Crippen LogP contribution in [0.5, 0.6) is 0 Å². The number of amides is 2. The molecule has 160 valence electrons. The molecule has 1 aliphatic rings. The molecular formula is C27H25N3O2. The Morgan fingerprint density at radius 1 is 1.00 bits per heavy atom. The molecule has 0 aliphatic carbocycles. The van der Waals surface area contributed by atoms with Crippen molar-refractivity contribution in [3.05, 3.63) is 83.0 Å². The Balaban J connectivity index is 1.66. The summed E-state index contributed by atoms with van der Waals surface area (Å²) in [6.07, 6.45) is 0. The molecule has 1 aromatic heterocycles. The zero-order valence-electron chi connectivity index (χ0n) is 18.7. The van der Waals surface area contributed by atoms with E-state index in [2.05, 4.69) is 24.4 Å². The van der Waals surface area contributed by atoms with Crippen molar-refractivity contribution >= 4 is 39.2 Å². The van der Waals surface area contributed by atoms with Crippen LogP contribution >= 0.6 is 0 Å². The van der Waals surface area contributed by atoms with Gasteiger partial charge in [0.25, 0.3) is 5.91 Å². The highest BCUT2D eigenvalue weighted by atomic mass is 16.2. The molecule has 5 heteroatoms. The van der Waals surface area contributed by atoms with Crippen molar-refractivity contribution in [3.8, 4) is 0 Å². The predicted molar refractivity (Wildman–Crippen MR) is 128 cm³/mol. The molecule has 0 radical (unpaired) electrons. The summed E-state index contributed by atoms with van der Waals surface area (Å²) in [4.78, 5) is 33.1. The Labute approximate surface area is 187 Å². The number of carbonyl (C=O) groups is 2. The van der Waals surface area contributed by atoms with Crippen LogP contribution in [0.25, 0.3) is 21.7 Å². The number of aryl methyl sites for hydroxylation is 2. The number of nitrogens with zero attached hydrogens (tertiary/aromatic N) is 2. The maximum absolute atomic E-state index is 13.6. The minimum atomic E-state index is -0.986. The average molecular weight is 424 g/mol. The molecule has 3 aromatic carbocycles. The van der Waals surface area contributed by atoms with Gasteiger partial charge in [0.1, 0.15) is 5.41 Å². The van der Waals surface area contributed by atoms with Crippen molar-refractivity contribution in [2.24, 2.45) is 0 Å². The second kappa shape index (κ2) is 7.16. The zero-order valence-corrected chi connectivity index (χ0v) is 18.7. The first kappa shape index (κ1) is 20.2. The van der Waals surface area contributed by atoms with E-state index in [1.807, 2.05) is 50.2 Å². The SMILES string of the molecule is Cc1ccc(C(=O)NCC2(C)C(=O)N(C)c3cccc4c3c2nc2cccc(C)c24)cc1. The smallest absolute Gasteiger partial charge is 0.251 e. The molecule has 1 unspecified atom stereocenters. The molecule has 1 N–H and O–H groups in total. The van der Waals surface area contributed by atoms with Gasteiger partial charge in [-0.1, -0.05) is 42.0 Å². The van der Waals surface area contributed by atoms with Gasteiger partial charge in [-0.3, -0.25) is 14.6 Å². The van der Waals surface area contributed by atoms with E-state index in [4.69, 9.17) is 4.98 Å². The molecule has 4 aromatic rings. The third-order valence-electron chi connectivity index (χ3n) is 6.61. The van der Waals surface area contributed by atoms with E-state index in [0.29, 0.717) is 11.3 Å². The van der Waals surface area contributed by atoms with Crippen molar-refractivity contribution in [1.82, 2.24) is 10.3 Å². The van der Waals surface area contributed by atoms with E-state index in [9.17, 15) is 9.59 Å². The topological polar surface area (TPSA) is 62.3 Å². The average Bonchev–Trinajstić information content (AvgIpc) is 2.80. The van der Waals surface area contributed by atoms with E-state index < -0.39 is 5.41 Å². The molecule has 0 fully saturated rings. The summed E-state index contributed by atoms with van der Waals surface area (Å²) < 4.78 is 0. The van der Waals surface area contributed by atoms with Gasteiger partial charge in [-0.25, -0.2) is 0 Å². The molecule has 0 spiro atoms. The number of hydrogen-bond acceptors (Lipinski definition) is 3. The lowest BCUT2D eigenvalue weighted by Gasteiger charge is -2.38. The minimum Gasteiger partial charge on any atom is -0.351 e. The molecule has 0 bridgehead atoms. The summed E-state index contributed by atoms with van der Waals surface area (Å²) >= 11 is 0. The van der Waals surface area contributed by atoms with Crippen molar-refractivity contribution in [2.45, 2.75) is 26.2 Å². The molecule has 2 heterocycles. The maximum Gasteiger partial charge on any atom is 0.251 e. The Morgan fingerprint density at radius 2 is 1.72 bits per heavy atom. The Kier molecular flexibility index (Phi) is 4.52. The van der Waals surface area contributed by atoms with E-state index >= 15 is 0 Å². The Hall–Kier alpha value is -3.73. The van der Waals surface area contributed by atoms with Crippen molar-refractivity contribution < 1.29 is 9.59 Å². The van der Waals surface area contributed by atoms with E-state index in [1.165, 1.54) is 0 Å². The lowest BCUT2D eigenvalue weighted by molar-refractivity contribution is -0.123. The second-order valence-corrected chi connectivity index (χ2v) is 8.87. The fourth-order valence-electron chi connectivity index (χ4n) is 4.75. The molecule has 32 heavy (non-hydrogen) atoms. The first-order valence-corrected chi connectivity index (χ1v) is 10.8. The minimum absolute atomic E-state index is 0.0822. The van der Waals surface area contributed by atoms with Gasteiger partial charge in [-0.15, -0.1) is 0 Å². The van der Waals surface area contributed by atoms with Crippen LogP contribution in [-0.2, 0) is 10.2 Å². The highest BCUT2D eigenvalue weighted by Crippen LogP contribution is 2.44. The normalized spacial score (nSPS) is 17.8. The highest BCUT2D eigenvalue weighted by molar-refractivity contribution is 6.20. The number of hydrogen-bond donors (Lipinski definition) is 1. The summed E-state index contributed by atoms with van der Waals surface area (Å²) in [5, 5.41) is 6.14. The van der Waals surface area contributed by atoms with Crippen molar-refractivity contribution in [1.29, 1.82) is 0 Å². The summed E-state index contributed by atoms with van der Waals surface area (Å²) in [5.41, 5.74) is 4.25. The largest absolute Gasteiger partial charge is 0.351 e. The van der Waals surface area contributed by atoms with Crippen LogP contribution < -0.4 is 10.2 Å². The van der Waals surface area contributed by atoms with Gasteiger partial charge in [-0.05, 0) is 56.0 Å². The number of pyridine rings is 1. The number of benzene rings is 3. The lowest BCUT2D eigenvalue weighted by atomic mass is 9.78. The van der Waals surface area contributed by atoms with E-state index in [-0.39, 0.29) is 18.4 Å². The molecule has 1 atom stereocenters. The second-order valence-electron chi connectivity index (χ2n) is 8.87. The van der Waals surface area contributed by atoms with Crippen LogP contribution in [0.3, 0.4) is 0 Å². The number of nitrogens with one attached hydrogen (secondary N) is 1. The van der Waals surface area contributed by atoms with Crippen molar-refractivity contribution in [2.75, 3.05) is 18.5 Å². The molecule has 0 saturated heterocycles. The first-order valence-electron chi connectivity index (χ1n) is 10.8. The zero-order chi connectivity index (χ0) is 22.6. The Morgan fingerprint density at radius 3 is 2.47 bits per heavy atom. The van der Waals surface area contributed by atoms with Crippen LogP contribution in [0.1, 0.15) is 34.1 Å². The van der Waals surface area contributed by atoms with Gasteiger partial charge >= 0.3 is 0 Å². The summed E-state index contributed by atoms with van der Waals surface area (Å²) in [6.45, 7) is 6.10. The van der Waals surface area contributed by atoms with Crippen LogP contribution in [0, 0.1) is 13.8 Å². The van der Waals surface area contributed by atoms with Gasteiger partial charge in [0, 0.05) is 29.9 Å². The third kappa shape index (κ3) is 2.88. The number of likely N-dealkylation sites (N-methyl/N-ethyl adjacent to an activating group) is 1. The molecule has 2 amide bonds. The van der Waals surface area contributed by atoms with E-state index in [0.717, 1.165) is 38.5 Å². The number of carbonyl (C=O) groups excluding carboxylic acids is 2.